The number of amides is 1. The number of H-pyrrole nitrogens is 1. The van der Waals surface area contributed by atoms with E-state index >= 15 is 0 Å². The van der Waals surface area contributed by atoms with E-state index in [-0.39, 0.29) is 5.91 Å². The molecule has 7 heteroatoms. The highest BCUT2D eigenvalue weighted by atomic mass is 16.5. The van der Waals surface area contributed by atoms with E-state index in [9.17, 15) is 4.79 Å². The van der Waals surface area contributed by atoms with Gasteiger partial charge in [-0.3, -0.25) is 4.79 Å². The second-order valence-corrected chi connectivity index (χ2v) is 7.69. The van der Waals surface area contributed by atoms with Crippen molar-refractivity contribution in [1.29, 1.82) is 0 Å². The molecular formula is C22H23N5O2. The number of fused-ring (bicyclic) bond motifs is 2. The monoisotopic (exact) mass is 389 g/mol. The Bertz CT molecular complexity index is 1040. The highest BCUT2D eigenvalue weighted by Crippen LogP contribution is 2.41. The molecule has 148 valence electrons. The van der Waals surface area contributed by atoms with E-state index in [4.69, 9.17) is 9.72 Å². The fourth-order valence-electron chi connectivity index (χ4n) is 4.31. The molecule has 1 saturated heterocycles. The van der Waals surface area contributed by atoms with Crippen LogP contribution in [0.15, 0.2) is 42.9 Å². The molecule has 2 aromatic heterocycles. The molecule has 1 fully saturated rings. The quantitative estimate of drug-likeness (QED) is 0.729. The lowest BCUT2D eigenvalue weighted by atomic mass is 9.83. The molecule has 2 aliphatic rings. The summed E-state index contributed by atoms with van der Waals surface area (Å²) < 4.78 is 6.32. The standard InChI is InChI=1S/C22H23N5O2/c1-15-18(25-14-24-15)21(28)27-10-8-22(9-11-27)19-17(7-12-29-22)13-23-20(26-19)16-5-3-2-4-6-16/h2-6,13-14H,7-12H2,1H3,(H,24,25). The van der Waals surface area contributed by atoms with E-state index in [1.807, 2.05) is 48.4 Å². The zero-order valence-corrected chi connectivity index (χ0v) is 16.4. The maximum absolute atomic E-state index is 12.8. The number of rotatable bonds is 2. The second-order valence-electron chi connectivity index (χ2n) is 7.69. The van der Waals surface area contributed by atoms with Gasteiger partial charge in [0, 0.05) is 30.5 Å². The summed E-state index contributed by atoms with van der Waals surface area (Å²) in [7, 11) is 0. The average Bonchev–Trinajstić information content (AvgIpc) is 3.20. The number of carbonyl (C=O) groups excluding carboxylic acids is 1. The van der Waals surface area contributed by atoms with Crippen LogP contribution in [0.1, 0.15) is 40.3 Å². The maximum Gasteiger partial charge on any atom is 0.274 e. The molecule has 5 rings (SSSR count). The van der Waals surface area contributed by atoms with E-state index in [2.05, 4.69) is 15.0 Å². The maximum atomic E-state index is 12.8. The third kappa shape index (κ3) is 3.11. The number of carbonyl (C=O) groups is 1. The number of aromatic nitrogens is 4. The topological polar surface area (TPSA) is 84.0 Å². The Balaban J connectivity index is 1.42. The van der Waals surface area contributed by atoms with Gasteiger partial charge in [0.15, 0.2) is 5.82 Å². The smallest absolute Gasteiger partial charge is 0.274 e. The van der Waals surface area contributed by atoms with Gasteiger partial charge >= 0.3 is 0 Å². The van der Waals surface area contributed by atoms with Crippen molar-refractivity contribution in [1.82, 2.24) is 24.8 Å². The van der Waals surface area contributed by atoms with E-state index in [0.29, 0.717) is 25.4 Å². The van der Waals surface area contributed by atoms with Gasteiger partial charge in [0.2, 0.25) is 0 Å². The highest BCUT2D eigenvalue weighted by molar-refractivity contribution is 5.93. The minimum Gasteiger partial charge on any atom is -0.368 e. The van der Waals surface area contributed by atoms with Gasteiger partial charge in [-0.1, -0.05) is 30.3 Å². The van der Waals surface area contributed by atoms with Crippen molar-refractivity contribution in [2.24, 2.45) is 0 Å². The molecule has 1 amide bonds. The van der Waals surface area contributed by atoms with Crippen molar-refractivity contribution in [3.8, 4) is 11.4 Å². The van der Waals surface area contributed by atoms with Gasteiger partial charge < -0.3 is 14.6 Å². The van der Waals surface area contributed by atoms with Crippen LogP contribution in [0.2, 0.25) is 0 Å². The fraction of sp³-hybridized carbons (Fsp3) is 0.364. The van der Waals surface area contributed by atoms with Crippen LogP contribution in [0, 0.1) is 6.92 Å². The number of likely N-dealkylation sites (tertiary alicyclic amines) is 1. The molecule has 0 radical (unpaired) electrons. The van der Waals surface area contributed by atoms with Crippen molar-refractivity contribution in [3.05, 3.63) is 65.5 Å². The van der Waals surface area contributed by atoms with Gasteiger partial charge in [-0.25, -0.2) is 15.0 Å². The minimum atomic E-state index is -0.447. The second kappa shape index (κ2) is 7.08. The highest BCUT2D eigenvalue weighted by Gasteiger charge is 2.43. The molecular weight excluding hydrogens is 366 g/mol. The third-order valence-corrected chi connectivity index (χ3v) is 5.97. The SMILES string of the molecule is Cc1[nH]cnc1C(=O)N1CCC2(CC1)OCCc1cnc(-c3ccccc3)nc12. The Morgan fingerprint density at radius 1 is 1.17 bits per heavy atom. The zero-order chi connectivity index (χ0) is 19.8. The molecule has 1 spiro atoms. The van der Waals surface area contributed by atoms with Crippen molar-refractivity contribution < 1.29 is 9.53 Å². The Hall–Kier alpha value is -3.06. The number of hydrogen-bond donors (Lipinski definition) is 1. The van der Waals surface area contributed by atoms with Crippen LogP contribution >= 0.6 is 0 Å². The number of piperidine rings is 1. The minimum absolute atomic E-state index is 0.0257. The van der Waals surface area contributed by atoms with Crippen LogP contribution in [0.25, 0.3) is 11.4 Å². The first-order valence-corrected chi connectivity index (χ1v) is 10.0. The number of nitrogens with zero attached hydrogens (tertiary/aromatic N) is 4. The fourth-order valence-corrected chi connectivity index (χ4v) is 4.31. The largest absolute Gasteiger partial charge is 0.368 e. The van der Waals surface area contributed by atoms with Crippen molar-refractivity contribution in [3.63, 3.8) is 0 Å². The van der Waals surface area contributed by atoms with E-state index in [1.165, 1.54) is 0 Å². The van der Waals surface area contributed by atoms with Crippen molar-refractivity contribution in [2.75, 3.05) is 19.7 Å². The Labute approximate surface area is 169 Å². The molecule has 0 bridgehead atoms. The van der Waals surface area contributed by atoms with Crippen LogP contribution in [-0.4, -0.2) is 50.4 Å². The van der Waals surface area contributed by atoms with Crippen LogP contribution in [-0.2, 0) is 16.8 Å². The van der Waals surface area contributed by atoms with Gasteiger partial charge in [0.25, 0.3) is 5.91 Å². The molecule has 0 unspecified atom stereocenters. The van der Waals surface area contributed by atoms with Crippen LogP contribution in [0.3, 0.4) is 0 Å². The number of aromatic amines is 1. The van der Waals surface area contributed by atoms with E-state index in [0.717, 1.165) is 47.6 Å². The predicted molar refractivity (Wildman–Crippen MR) is 107 cm³/mol. The average molecular weight is 389 g/mol. The lowest BCUT2D eigenvalue weighted by Crippen LogP contribution is -2.49. The first-order valence-electron chi connectivity index (χ1n) is 10.0. The van der Waals surface area contributed by atoms with Gasteiger partial charge in [-0.05, 0) is 31.7 Å². The molecule has 29 heavy (non-hydrogen) atoms. The lowest BCUT2D eigenvalue weighted by Gasteiger charge is -2.44. The van der Waals surface area contributed by atoms with E-state index in [1.54, 1.807) is 6.33 Å². The zero-order valence-electron chi connectivity index (χ0n) is 16.4. The molecule has 2 aliphatic heterocycles. The Kier molecular flexibility index (Phi) is 4.39. The summed E-state index contributed by atoms with van der Waals surface area (Å²) in [6.45, 7) is 3.77. The molecule has 1 aromatic carbocycles. The number of aryl methyl sites for hydroxylation is 1. The summed E-state index contributed by atoms with van der Waals surface area (Å²) in [5.41, 5.74) is 3.99. The number of hydrogen-bond acceptors (Lipinski definition) is 5. The Morgan fingerprint density at radius 3 is 2.69 bits per heavy atom. The molecule has 3 aromatic rings. The first kappa shape index (κ1) is 18.0. The predicted octanol–water partition coefficient (Wildman–Crippen LogP) is 2.88. The molecule has 0 aliphatic carbocycles. The molecule has 0 saturated carbocycles. The number of imidazole rings is 1. The van der Waals surface area contributed by atoms with Gasteiger partial charge in [-0.2, -0.15) is 0 Å². The van der Waals surface area contributed by atoms with Crippen LogP contribution in [0.4, 0.5) is 0 Å². The Morgan fingerprint density at radius 2 is 1.97 bits per heavy atom. The first-order chi connectivity index (χ1) is 14.2. The molecule has 0 atom stereocenters. The summed E-state index contributed by atoms with van der Waals surface area (Å²) in [5.74, 6) is 0.696. The van der Waals surface area contributed by atoms with Crippen LogP contribution < -0.4 is 0 Å². The summed E-state index contributed by atoms with van der Waals surface area (Å²) in [5, 5.41) is 0. The lowest BCUT2D eigenvalue weighted by molar-refractivity contribution is -0.0967. The number of benzene rings is 1. The summed E-state index contributed by atoms with van der Waals surface area (Å²) in [6.07, 6.45) is 5.78. The number of nitrogens with one attached hydrogen (secondary N) is 1. The normalized spacial score (nSPS) is 17.9. The molecule has 7 nitrogen and oxygen atoms in total. The van der Waals surface area contributed by atoms with Crippen molar-refractivity contribution in [2.45, 2.75) is 31.8 Å². The molecule has 1 N–H and O–H groups in total. The van der Waals surface area contributed by atoms with E-state index < -0.39 is 5.60 Å². The molecule has 4 heterocycles. The van der Waals surface area contributed by atoms with Gasteiger partial charge in [-0.15, -0.1) is 0 Å². The summed E-state index contributed by atoms with van der Waals surface area (Å²) >= 11 is 0. The van der Waals surface area contributed by atoms with Crippen LogP contribution in [0.5, 0.6) is 0 Å². The van der Waals surface area contributed by atoms with Crippen molar-refractivity contribution >= 4 is 5.91 Å². The van der Waals surface area contributed by atoms with Gasteiger partial charge in [0.05, 0.1) is 18.6 Å². The third-order valence-electron chi connectivity index (χ3n) is 5.97. The number of ether oxygens (including phenoxy) is 1. The van der Waals surface area contributed by atoms with Gasteiger partial charge in [0.1, 0.15) is 11.3 Å². The summed E-state index contributed by atoms with van der Waals surface area (Å²) in [6, 6.07) is 10.0. The summed E-state index contributed by atoms with van der Waals surface area (Å²) in [4.78, 5) is 31.4.